The second kappa shape index (κ2) is 7.91. The summed E-state index contributed by atoms with van der Waals surface area (Å²) in [6.07, 6.45) is 11.7. The molecule has 140 valence electrons. The number of hydrogen-bond donors (Lipinski definition) is 3. The zero-order valence-corrected chi connectivity index (χ0v) is 15.6. The molecule has 0 bridgehead atoms. The summed E-state index contributed by atoms with van der Waals surface area (Å²) in [5.74, 6) is -0.0750. The van der Waals surface area contributed by atoms with Gasteiger partial charge in [-0.1, -0.05) is 25.2 Å². The summed E-state index contributed by atoms with van der Waals surface area (Å²) >= 11 is 0. The Balaban J connectivity index is 1.68. The lowest BCUT2D eigenvalue weighted by molar-refractivity contribution is -0.142. The summed E-state index contributed by atoms with van der Waals surface area (Å²) in [6, 6.07) is 0. The Kier molecular flexibility index (Phi) is 5.61. The molecule has 1 fully saturated rings. The van der Waals surface area contributed by atoms with Gasteiger partial charge in [0.05, 0.1) is 0 Å². The lowest BCUT2D eigenvalue weighted by atomic mass is 9.90. The maximum Gasteiger partial charge on any atom is 0.247 e. The van der Waals surface area contributed by atoms with E-state index in [0.29, 0.717) is 26.1 Å². The first-order valence-corrected chi connectivity index (χ1v) is 9.38. The van der Waals surface area contributed by atoms with Crippen LogP contribution in [0.2, 0.25) is 0 Å². The van der Waals surface area contributed by atoms with Gasteiger partial charge in [-0.15, -0.1) is 0 Å². The molecule has 0 saturated carbocycles. The second-order valence-electron chi connectivity index (χ2n) is 6.96. The average Bonchev–Trinajstić information content (AvgIpc) is 2.82. The van der Waals surface area contributed by atoms with Crippen LogP contribution in [-0.2, 0) is 16.0 Å². The van der Waals surface area contributed by atoms with Crippen molar-refractivity contribution in [1.29, 1.82) is 0 Å². The fraction of sp³-hybridized carbons (Fsp3) is 0.500. The number of aromatic nitrogens is 1. The second-order valence-corrected chi connectivity index (χ2v) is 6.96. The van der Waals surface area contributed by atoms with Gasteiger partial charge < -0.3 is 20.5 Å². The first-order valence-electron chi connectivity index (χ1n) is 9.38. The molecule has 3 rings (SSSR count). The Bertz CT molecular complexity index is 734. The molecule has 0 aromatic carbocycles. The van der Waals surface area contributed by atoms with Crippen molar-refractivity contribution in [1.82, 2.24) is 20.5 Å². The number of allylic oxidation sites excluding steroid dienone is 2. The Labute approximate surface area is 154 Å². The fourth-order valence-electron chi connectivity index (χ4n) is 3.93. The summed E-state index contributed by atoms with van der Waals surface area (Å²) in [6.45, 7) is 6.36. The summed E-state index contributed by atoms with van der Waals surface area (Å²) in [7, 11) is 0. The molecule has 6 heteroatoms. The van der Waals surface area contributed by atoms with Crippen LogP contribution >= 0.6 is 0 Å². The molecular weight excluding hydrogens is 328 g/mol. The number of hydrogen-bond acceptors (Lipinski definition) is 3. The standard InChI is InChI=1S/C20H28N4O2/c1-3-20(13-21-11-12-24(20)14-25)19(26)22-10-9-16-15(2)23-18-8-6-4-5-7-17(16)18/h5-8,14,21,23H,3-4,9-13H2,1-2H3,(H,22,26). The van der Waals surface area contributed by atoms with Gasteiger partial charge in [0.15, 0.2) is 0 Å². The summed E-state index contributed by atoms with van der Waals surface area (Å²) in [5.41, 5.74) is 3.94. The lowest BCUT2D eigenvalue weighted by Crippen LogP contribution is -2.67. The number of nitrogens with zero attached hydrogens (tertiary/aromatic N) is 1. The predicted octanol–water partition coefficient (Wildman–Crippen LogP) is 1.62. The van der Waals surface area contributed by atoms with Crippen LogP contribution in [0.3, 0.4) is 0 Å². The van der Waals surface area contributed by atoms with Crippen molar-refractivity contribution in [2.24, 2.45) is 0 Å². The lowest BCUT2D eigenvalue weighted by Gasteiger charge is -2.43. The summed E-state index contributed by atoms with van der Waals surface area (Å²) < 4.78 is 0. The van der Waals surface area contributed by atoms with E-state index in [-0.39, 0.29) is 5.91 Å². The molecule has 1 unspecified atom stereocenters. The molecule has 1 aromatic heterocycles. The van der Waals surface area contributed by atoms with E-state index in [4.69, 9.17) is 0 Å². The van der Waals surface area contributed by atoms with Crippen LogP contribution in [0.25, 0.3) is 12.2 Å². The van der Waals surface area contributed by atoms with Crippen molar-refractivity contribution >= 4 is 24.5 Å². The van der Waals surface area contributed by atoms with Crippen LogP contribution in [0.1, 0.15) is 42.3 Å². The Hall–Kier alpha value is -2.34. The number of rotatable bonds is 6. The predicted molar refractivity (Wildman–Crippen MR) is 104 cm³/mol. The van der Waals surface area contributed by atoms with Crippen molar-refractivity contribution in [3.05, 3.63) is 34.7 Å². The first-order chi connectivity index (χ1) is 12.6. The quantitative estimate of drug-likeness (QED) is 0.678. The smallest absolute Gasteiger partial charge is 0.247 e. The van der Waals surface area contributed by atoms with Gasteiger partial charge in [0.25, 0.3) is 0 Å². The van der Waals surface area contributed by atoms with E-state index in [0.717, 1.165) is 37.2 Å². The minimum absolute atomic E-state index is 0.0750. The molecule has 0 spiro atoms. The third kappa shape index (κ3) is 3.33. The van der Waals surface area contributed by atoms with Crippen LogP contribution in [0, 0.1) is 6.92 Å². The van der Waals surface area contributed by atoms with Crippen molar-refractivity contribution in [2.75, 3.05) is 26.2 Å². The number of nitrogens with one attached hydrogen (secondary N) is 3. The molecule has 1 aromatic rings. The van der Waals surface area contributed by atoms with E-state index in [9.17, 15) is 9.59 Å². The van der Waals surface area contributed by atoms with Crippen LogP contribution in [-0.4, -0.2) is 53.9 Å². The van der Waals surface area contributed by atoms with Crippen molar-refractivity contribution < 1.29 is 9.59 Å². The van der Waals surface area contributed by atoms with Crippen LogP contribution in [0.15, 0.2) is 12.2 Å². The Morgan fingerprint density at radius 3 is 2.96 bits per heavy atom. The molecule has 1 aliphatic carbocycles. The molecule has 26 heavy (non-hydrogen) atoms. The van der Waals surface area contributed by atoms with E-state index in [1.807, 2.05) is 6.92 Å². The van der Waals surface area contributed by atoms with E-state index >= 15 is 0 Å². The average molecular weight is 356 g/mol. The van der Waals surface area contributed by atoms with E-state index in [2.05, 4.69) is 46.8 Å². The van der Waals surface area contributed by atoms with Crippen molar-refractivity contribution in [3.8, 4) is 0 Å². The van der Waals surface area contributed by atoms with Crippen molar-refractivity contribution in [2.45, 2.75) is 38.6 Å². The van der Waals surface area contributed by atoms with Gasteiger partial charge >= 0.3 is 0 Å². The number of aromatic amines is 1. The molecular formula is C20H28N4O2. The molecule has 2 heterocycles. The van der Waals surface area contributed by atoms with Crippen LogP contribution in [0.5, 0.6) is 0 Å². The molecule has 6 nitrogen and oxygen atoms in total. The first kappa shape index (κ1) is 18.5. The molecule has 2 amide bonds. The van der Waals surface area contributed by atoms with Gasteiger partial charge in [0.2, 0.25) is 12.3 Å². The van der Waals surface area contributed by atoms with E-state index in [1.165, 1.54) is 11.1 Å². The molecule has 1 aliphatic heterocycles. The van der Waals surface area contributed by atoms with Gasteiger partial charge in [-0.2, -0.15) is 0 Å². The number of piperazine rings is 1. The fourth-order valence-corrected chi connectivity index (χ4v) is 3.93. The highest BCUT2D eigenvalue weighted by atomic mass is 16.2. The number of fused-ring (bicyclic) bond motifs is 1. The van der Waals surface area contributed by atoms with Crippen molar-refractivity contribution in [3.63, 3.8) is 0 Å². The highest BCUT2D eigenvalue weighted by Gasteiger charge is 2.43. The van der Waals surface area contributed by atoms with Gasteiger partial charge in [-0.25, -0.2) is 0 Å². The molecule has 1 atom stereocenters. The zero-order chi connectivity index (χ0) is 18.6. The highest BCUT2D eigenvalue weighted by molar-refractivity contribution is 5.88. The third-order valence-corrected chi connectivity index (χ3v) is 5.52. The number of carbonyl (C=O) groups is 2. The largest absolute Gasteiger partial charge is 0.358 e. The Morgan fingerprint density at radius 1 is 1.38 bits per heavy atom. The Morgan fingerprint density at radius 2 is 2.19 bits per heavy atom. The SMILES string of the molecule is CCC1(C(=O)NCCc2c(C)[nH]c3c2C=CCC=C3)CNCCN1C=O. The molecule has 2 aliphatic rings. The molecule has 1 saturated heterocycles. The van der Waals surface area contributed by atoms with Crippen LogP contribution < -0.4 is 10.6 Å². The molecule has 3 N–H and O–H groups in total. The maximum atomic E-state index is 12.9. The topological polar surface area (TPSA) is 77.2 Å². The van der Waals surface area contributed by atoms with Gasteiger partial charge in [-0.3, -0.25) is 9.59 Å². The zero-order valence-electron chi connectivity index (χ0n) is 15.6. The maximum absolute atomic E-state index is 12.9. The number of aryl methyl sites for hydroxylation is 1. The van der Waals surface area contributed by atoms with Gasteiger partial charge in [0.1, 0.15) is 5.54 Å². The third-order valence-electron chi connectivity index (χ3n) is 5.52. The van der Waals surface area contributed by atoms with E-state index in [1.54, 1.807) is 4.90 Å². The van der Waals surface area contributed by atoms with Gasteiger partial charge in [-0.05, 0) is 37.8 Å². The van der Waals surface area contributed by atoms with Gasteiger partial charge in [0, 0.05) is 43.1 Å². The van der Waals surface area contributed by atoms with Crippen LogP contribution in [0.4, 0.5) is 0 Å². The normalized spacial score (nSPS) is 22.0. The highest BCUT2D eigenvalue weighted by Crippen LogP contribution is 2.25. The van der Waals surface area contributed by atoms with E-state index < -0.39 is 5.54 Å². The minimum atomic E-state index is -0.785. The monoisotopic (exact) mass is 356 g/mol. The number of amides is 2. The number of carbonyl (C=O) groups excluding carboxylic acids is 2. The number of H-pyrrole nitrogens is 1. The molecule has 0 radical (unpaired) electrons. The minimum Gasteiger partial charge on any atom is -0.358 e. The summed E-state index contributed by atoms with van der Waals surface area (Å²) in [5, 5.41) is 6.31. The summed E-state index contributed by atoms with van der Waals surface area (Å²) in [4.78, 5) is 29.4.